The molecule has 0 radical (unpaired) electrons. The van der Waals surface area contributed by atoms with E-state index < -0.39 is 45.9 Å². The number of hydrogen-bond donors (Lipinski definition) is 0. The van der Waals surface area contributed by atoms with E-state index in [-0.39, 0.29) is 29.6 Å². The third kappa shape index (κ3) is 11.1. The topological polar surface area (TPSA) is 110 Å². The van der Waals surface area contributed by atoms with Crippen LogP contribution in [-0.4, -0.2) is 42.4 Å². The van der Waals surface area contributed by atoms with Crippen LogP contribution in [0, 0.1) is 0 Å². The van der Waals surface area contributed by atoms with Gasteiger partial charge in [-0.05, 0) is 26.7 Å². The van der Waals surface area contributed by atoms with Gasteiger partial charge in [0, 0.05) is 0 Å². The molecule has 0 heterocycles. The molecule has 130 valence electrons. The van der Waals surface area contributed by atoms with Crippen LogP contribution in [0.3, 0.4) is 0 Å². The molecule has 0 aliphatic rings. The quantitative estimate of drug-likeness (QED) is 0.272. The molecule has 0 aromatic carbocycles. The van der Waals surface area contributed by atoms with E-state index in [1.54, 1.807) is 13.8 Å². The van der Waals surface area contributed by atoms with Gasteiger partial charge in [-0.3, -0.25) is 9.59 Å². The Morgan fingerprint density at radius 1 is 1.00 bits per heavy atom. The van der Waals surface area contributed by atoms with E-state index in [0.717, 1.165) is 12.8 Å². The molecule has 3 atom stereocenters. The van der Waals surface area contributed by atoms with Gasteiger partial charge >= 0.3 is 41.5 Å². The molecule has 0 aromatic rings. The summed E-state index contributed by atoms with van der Waals surface area (Å²) in [4.78, 5) is 23.5. The third-order valence-corrected chi connectivity index (χ3v) is 4.06. The number of ether oxygens (including phenoxy) is 2. The fourth-order valence-electron chi connectivity index (χ4n) is 1.93. The zero-order valence-electron chi connectivity index (χ0n) is 14.5. The predicted octanol–water partition coefficient (Wildman–Crippen LogP) is -1.24. The molecule has 3 unspecified atom stereocenters. The fourth-order valence-corrected chi connectivity index (χ4v) is 2.56. The Hall–Kier alpha value is -0.150. The summed E-state index contributed by atoms with van der Waals surface area (Å²) in [7, 11) is -4.99. The summed E-state index contributed by atoms with van der Waals surface area (Å²) in [6, 6.07) is 0. The fraction of sp³-hybridized carbons (Fsp3) is 0.857. The normalized spacial score (nSPS) is 15.0. The van der Waals surface area contributed by atoms with Crippen molar-refractivity contribution in [2.45, 2.75) is 77.3 Å². The van der Waals surface area contributed by atoms with Gasteiger partial charge in [0.15, 0.2) is 5.25 Å². The van der Waals surface area contributed by atoms with Crippen LogP contribution in [0.4, 0.5) is 0 Å². The second kappa shape index (κ2) is 12.2. The molecule has 0 amide bonds. The maximum Gasteiger partial charge on any atom is 1.00 e. The van der Waals surface area contributed by atoms with Gasteiger partial charge in [0.2, 0.25) is 0 Å². The van der Waals surface area contributed by atoms with Crippen molar-refractivity contribution in [1.29, 1.82) is 0 Å². The second-order valence-corrected chi connectivity index (χ2v) is 6.87. The van der Waals surface area contributed by atoms with E-state index in [1.165, 1.54) is 0 Å². The number of carbonyl (C=O) groups excluding carboxylic acids is 2. The van der Waals surface area contributed by atoms with Crippen molar-refractivity contribution in [2.24, 2.45) is 0 Å². The Bertz CT molecular complexity index is 464. The summed E-state index contributed by atoms with van der Waals surface area (Å²) >= 11 is 0. The first-order chi connectivity index (χ1) is 10.1. The van der Waals surface area contributed by atoms with Crippen LogP contribution in [0.25, 0.3) is 0 Å². The molecule has 0 saturated carbocycles. The number of rotatable bonds is 10. The largest absolute Gasteiger partial charge is 1.00 e. The van der Waals surface area contributed by atoms with E-state index >= 15 is 0 Å². The molecule has 0 aromatic heterocycles. The van der Waals surface area contributed by atoms with Gasteiger partial charge in [0.1, 0.15) is 10.1 Å². The van der Waals surface area contributed by atoms with Gasteiger partial charge in [-0.25, -0.2) is 8.42 Å². The van der Waals surface area contributed by atoms with Crippen molar-refractivity contribution in [3.8, 4) is 0 Å². The van der Waals surface area contributed by atoms with Crippen LogP contribution in [0.5, 0.6) is 0 Å². The number of carbonyl (C=O) groups is 2. The van der Waals surface area contributed by atoms with Gasteiger partial charge < -0.3 is 14.0 Å². The average Bonchev–Trinajstić information content (AvgIpc) is 2.34. The molecule has 9 heteroatoms. The van der Waals surface area contributed by atoms with Crippen LogP contribution in [0.1, 0.15) is 59.8 Å². The van der Waals surface area contributed by atoms with Gasteiger partial charge in [-0.1, -0.05) is 26.7 Å². The maximum absolute atomic E-state index is 11.8. The van der Waals surface area contributed by atoms with Gasteiger partial charge in [-0.15, -0.1) is 0 Å². The Labute approximate surface area is 160 Å². The van der Waals surface area contributed by atoms with Crippen LogP contribution in [0.15, 0.2) is 0 Å². The molecule has 0 rings (SSSR count). The van der Waals surface area contributed by atoms with Gasteiger partial charge in [0.25, 0.3) is 0 Å². The van der Waals surface area contributed by atoms with E-state index in [1.807, 2.05) is 13.8 Å². The monoisotopic (exact) mass is 360 g/mol. The third-order valence-electron chi connectivity index (χ3n) is 3.00. The molecule has 0 saturated heterocycles. The molecule has 0 bridgehead atoms. The van der Waals surface area contributed by atoms with Crippen molar-refractivity contribution in [2.75, 3.05) is 0 Å². The minimum atomic E-state index is -4.99. The number of hydrogen-bond acceptors (Lipinski definition) is 7. The predicted molar refractivity (Wildman–Crippen MR) is 79.0 cm³/mol. The molecule has 23 heavy (non-hydrogen) atoms. The van der Waals surface area contributed by atoms with Crippen molar-refractivity contribution in [3.63, 3.8) is 0 Å². The summed E-state index contributed by atoms with van der Waals surface area (Å²) in [5.41, 5.74) is 0. The van der Waals surface area contributed by atoms with Crippen LogP contribution in [-0.2, 0) is 29.2 Å². The van der Waals surface area contributed by atoms with E-state index in [2.05, 4.69) is 0 Å². The minimum absolute atomic E-state index is 0. The Morgan fingerprint density at radius 2 is 1.43 bits per heavy atom. The minimum Gasteiger partial charge on any atom is -0.747 e. The zero-order valence-corrected chi connectivity index (χ0v) is 17.4. The standard InChI is InChI=1S/C14H26O7S.Na/c1-5-7-10(3)20-13(15)9-12(22(17,18)19)14(16)21-11(4)8-6-2;/h10-12H,5-9H2,1-4H3,(H,17,18,19);/q;+1/p-1. The average molecular weight is 360 g/mol. The Kier molecular flexibility index (Phi) is 13.4. The summed E-state index contributed by atoms with van der Waals surface area (Å²) in [5, 5.41) is -2.06. The van der Waals surface area contributed by atoms with Crippen molar-refractivity contribution < 1.29 is 61.6 Å². The molecular weight excluding hydrogens is 335 g/mol. The van der Waals surface area contributed by atoms with E-state index in [4.69, 9.17) is 9.47 Å². The molecule has 0 fully saturated rings. The van der Waals surface area contributed by atoms with Crippen LogP contribution in [0.2, 0.25) is 0 Å². The first kappa shape index (κ1) is 25.1. The maximum atomic E-state index is 11.8. The summed E-state index contributed by atoms with van der Waals surface area (Å²) in [6.07, 6.45) is 0.929. The molecule has 0 aliphatic heterocycles. The van der Waals surface area contributed by atoms with Crippen molar-refractivity contribution in [3.05, 3.63) is 0 Å². The SMILES string of the molecule is CCCC(C)OC(=O)CC(C(=O)OC(C)CCC)S(=O)(=O)[O-].[Na+]. The number of esters is 2. The van der Waals surface area contributed by atoms with Gasteiger partial charge in [0.05, 0.1) is 18.6 Å². The Morgan fingerprint density at radius 3 is 1.83 bits per heavy atom. The van der Waals surface area contributed by atoms with Crippen LogP contribution >= 0.6 is 0 Å². The van der Waals surface area contributed by atoms with Crippen LogP contribution < -0.4 is 29.6 Å². The Balaban J connectivity index is 0. The van der Waals surface area contributed by atoms with Crippen molar-refractivity contribution >= 4 is 22.1 Å². The molecule has 0 aliphatic carbocycles. The van der Waals surface area contributed by atoms with Gasteiger partial charge in [-0.2, -0.15) is 0 Å². The molecular formula is C14H25NaO7S. The second-order valence-electron chi connectivity index (χ2n) is 5.31. The first-order valence-electron chi connectivity index (χ1n) is 7.46. The van der Waals surface area contributed by atoms with Crippen molar-refractivity contribution in [1.82, 2.24) is 0 Å². The summed E-state index contributed by atoms with van der Waals surface area (Å²) < 4.78 is 43.5. The van der Waals surface area contributed by atoms with E-state index in [0.29, 0.717) is 12.8 Å². The van der Waals surface area contributed by atoms with E-state index in [9.17, 15) is 22.6 Å². The molecule has 0 N–H and O–H groups in total. The first-order valence-corrected chi connectivity index (χ1v) is 8.93. The smallest absolute Gasteiger partial charge is 0.747 e. The zero-order chi connectivity index (χ0) is 17.3. The summed E-state index contributed by atoms with van der Waals surface area (Å²) in [6.45, 7) is 7.03. The molecule has 7 nitrogen and oxygen atoms in total. The molecule has 0 spiro atoms. The summed E-state index contributed by atoms with van der Waals surface area (Å²) in [5.74, 6) is -2.10.